The highest BCUT2D eigenvalue weighted by molar-refractivity contribution is 5.80. The van der Waals surface area contributed by atoms with E-state index in [-0.39, 0.29) is 12.2 Å². The molecule has 0 aliphatic carbocycles. The van der Waals surface area contributed by atoms with E-state index >= 15 is 0 Å². The quantitative estimate of drug-likeness (QED) is 0.603. The average molecular weight is 383 g/mol. The molecule has 2 atom stereocenters. The number of ether oxygens (including phenoxy) is 3. The van der Waals surface area contributed by atoms with Crippen LogP contribution in [0.25, 0.3) is 0 Å². The maximum Gasteiger partial charge on any atom is 0.272 e. The Morgan fingerprint density at radius 1 is 1.33 bits per heavy atom. The molecule has 1 N–H and O–H groups in total. The minimum absolute atomic E-state index is 0.0610. The zero-order valence-electron chi connectivity index (χ0n) is 15.6. The van der Waals surface area contributed by atoms with Crippen LogP contribution in [-0.4, -0.2) is 69.5 Å². The van der Waals surface area contributed by atoms with E-state index in [1.54, 1.807) is 25.2 Å². The molecule has 2 unspecified atom stereocenters. The van der Waals surface area contributed by atoms with Crippen LogP contribution in [0.3, 0.4) is 0 Å². The van der Waals surface area contributed by atoms with Gasteiger partial charge in [-0.25, -0.2) is 8.78 Å². The molecule has 150 valence electrons. The number of guanidine groups is 1. The number of aliphatic imine (C=N–C) groups is 1. The average Bonchev–Trinajstić information content (AvgIpc) is 3.22. The van der Waals surface area contributed by atoms with Crippen molar-refractivity contribution in [3.05, 3.63) is 29.8 Å². The van der Waals surface area contributed by atoms with Crippen molar-refractivity contribution < 1.29 is 23.0 Å². The molecule has 2 aliphatic heterocycles. The summed E-state index contributed by atoms with van der Waals surface area (Å²) in [7, 11) is 1.75. The van der Waals surface area contributed by atoms with Gasteiger partial charge >= 0.3 is 0 Å². The van der Waals surface area contributed by atoms with Crippen LogP contribution in [0.5, 0.6) is 5.75 Å². The SMILES string of the molecule is CN=C(NCc1cccc(OCC(F)F)c1)N1CCOC(C2CCCO2)C1. The van der Waals surface area contributed by atoms with E-state index in [0.29, 0.717) is 18.9 Å². The highest BCUT2D eigenvalue weighted by Gasteiger charge is 2.32. The van der Waals surface area contributed by atoms with E-state index in [1.165, 1.54) is 0 Å². The molecule has 2 heterocycles. The summed E-state index contributed by atoms with van der Waals surface area (Å²) in [6.45, 7) is 2.88. The topological polar surface area (TPSA) is 55.3 Å². The van der Waals surface area contributed by atoms with Gasteiger partial charge in [0.05, 0.1) is 12.7 Å². The lowest BCUT2D eigenvalue weighted by atomic mass is 10.1. The highest BCUT2D eigenvalue weighted by Crippen LogP contribution is 2.21. The van der Waals surface area contributed by atoms with Gasteiger partial charge in [-0.3, -0.25) is 4.99 Å². The fourth-order valence-corrected chi connectivity index (χ4v) is 3.41. The number of hydrogen-bond acceptors (Lipinski definition) is 4. The lowest BCUT2D eigenvalue weighted by Crippen LogP contribution is -2.53. The summed E-state index contributed by atoms with van der Waals surface area (Å²) in [5.41, 5.74) is 0.937. The molecule has 0 spiro atoms. The third-order valence-electron chi connectivity index (χ3n) is 4.71. The monoisotopic (exact) mass is 383 g/mol. The molecule has 0 radical (unpaired) electrons. The fourth-order valence-electron chi connectivity index (χ4n) is 3.41. The first-order valence-electron chi connectivity index (χ1n) is 9.34. The van der Waals surface area contributed by atoms with Crippen LogP contribution in [0.1, 0.15) is 18.4 Å². The normalized spacial score (nSPS) is 23.7. The van der Waals surface area contributed by atoms with Crippen molar-refractivity contribution >= 4 is 5.96 Å². The van der Waals surface area contributed by atoms with E-state index in [9.17, 15) is 8.78 Å². The van der Waals surface area contributed by atoms with Gasteiger partial charge in [0.2, 0.25) is 0 Å². The molecule has 0 amide bonds. The summed E-state index contributed by atoms with van der Waals surface area (Å²) >= 11 is 0. The third-order valence-corrected chi connectivity index (χ3v) is 4.71. The maximum atomic E-state index is 12.3. The molecule has 2 aliphatic rings. The van der Waals surface area contributed by atoms with Crippen LogP contribution in [-0.2, 0) is 16.0 Å². The van der Waals surface area contributed by atoms with Gasteiger partial charge in [0.15, 0.2) is 5.96 Å². The van der Waals surface area contributed by atoms with E-state index in [1.807, 2.05) is 6.07 Å². The molecule has 3 rings (SSSR count). The van der Waals surface area contributed by atoms with Crippen LogP contribution < -0.4 is 10.1 Å². The van der Waals surface area contributed by atoms with Gasteiger partial charge in [0.25, 0.3) is 6.43 Å². The molecule has 1 aromatic carbocycles. The standard InChI is InChI=1S/C19H27F2N3O3/c1-22-19(24-7-9-26-17(12-24)16-6-3-8-25-16)23-11-14-4-2-5-15(10-14)27-13-18(20)21/h2,4-5,10,16-18H,3,6-9,11-13H2,1H3,(H,22,23). The zero-order valence-corrected chi connectivity index (χ0v) is 15.6. The Hall–Kier alpha value is -1.93. The molecule has 1 aromatic rings. The molecule has 8 heteroatoms. The number of nitrogens with zero attached hydrogens (tertiary/aromatic N) is 2. The Kier molecular flexibility index (Phi) is 7.23. The maximum absolute atomic E-state index is 12.3. The predicted octanol–water partition coefficient (Wildman–Crippen LogP) is 2.29. The smallest absolute Gasteiger partial charge is 0.272 e. The predicted molar refractivity (Wildman–Crippen MR) is 98.4 cm³/mol. The second-order valence-corrected chi connectivity index (χ2v) is 6.66. The summed E-state index contributed by atoms with van der Waals surface area (Å²) in [5, 5.41) is 3.33. The van der Waals surface area contributed by atoms with Crippen molar-refractivity contribution in [3.63, 3.8) is 0 Å². The molecule has 6 nitrogen and oxygen atoms in total. The third kappa shape index (κ3) is 5.77. The molecule has 0 saturated carbocycles. The first kappa shape index (κ1) is 19.8. The van der Waals surface area contributed by atoms with Crippen molar-refractivity contribution in [2.45, 2.75) is 38.0 Å². The molecule has 0 aromatic heterocycles. The Balaban J connectivity index is 1.53. The Bertz CT molecular complexity index is 624. The summed E-state index contributed by atoms with van der Waals surface area (Å²) in [6.07, 6.45) is -0.138. The number of hydrogen-bond donors (Lipinski definition) is 1. The highest BCUT2D eigenvalue weighted by atomic mass is 19.3. The van der Waals surface area contributed by atoms with Crippen molar-refractivity contribution in [2.24, 2.45) is 4.99 Å². The minimum atomic E-state index is -2.48. The van der Waals surface area contributed by atoms with Crippen molar-refractivity contribution in [1.82, 2.24) is 10.2 Å². The first-order valence-corrected chi connectivity index (χ1v) is 9.34. The number of nitrogens with one attached hydrogen (secondary N) is 1. The molecule has 27 heavy (non-hydrogen) atoms. The lowest BCUT2D eigenvalue weighted by molar-refractivity contribution is -0.0817. The van der Waals surface area contributed by atoms with Crippen LogP contribution in [0.4, 0.5) is 8.78 Å². The van der Waals surface area contributed by atoms with Crippen LogP contribution in [0, 0.1) is 0 Å². The van der Waals surface area contributed by atoms with Gasteiger partial charge in [-0.2, -0.15) is 0 Å². The van der Waals surface area contributed by atoms with E-state index in [0.717, 1.165) is 44.1 Å². The molecule has 2 fully saturated rings. The van der Waals surface area contributed by atoms with Gasteiger partial charge in [-0.15, -0.1) is 0 Å². The summed E-state index contributed by atoms with van der Waals surface area (Å²) in [6, 6.07) is 7.15. The number of morpholine rings is 1. The second kappa shape index (κ2) is 9.85. The minimum Gasteiger partial charge on any atom is -0.488 e. The van der Waals surface area contributed by atoms with E-state index in [2.05, 4.69) is 15.2 Å². The number of alkyl halides is 2. The summed E-state index contributed by atoms with van der Waals surface area (Å²) in [5.74, 6) is 1.23. The second-order valence-electron chi connectivity index (χ2n) is 6.66. The van der Waals surface area contributed by atoms with Crippen LogP contribution >= 0.6 is 0 Å². The number of benzene rings is 1. The zero-order chi connectivity index (χ0) is 19.1. The lowest BCUT2D eigenvalue weighted by Gasteiger charge is -2.37. The van der Waals surface area contributed by atoms with Gasteiger partial charge < -0.3 is 24.4 Å². The fraction of sp³-hybridized carbons (Fsp3) is 0.632. The van der Waals surface area contributed by atoms with Crippen molar-refractivity contribution in [1.29, 1.82) is 0 Å². The number of rotatable bonds is 6. The van der Waals surface area contributed by atoms with Gasteiger partial charge in [-0.1, -0.05) is 12.1 Å². The largest absolute Gasteiger partial charge is 0.488 e. The van der Waals surface area contributed by atoms with Gasteiger partial charge in [0.1, 0.15) is 18.5 Å². The molecule has 0 bridgehead atoms. The Labute approximate surface area is 158 Å². The first-order chi connectivity index (χ1) is 13.2. The Morgan fingerprint density at radius 3 is 2.93 bits per heavy atom. The number of halogens is 2. The van der Waals surface area contributed by atoms with E-state index < -0.39 is 13.0 Å². The van der Waals surface area contributed by atoms with E-state index in [4.69, 9.17) is 14.2 Å². The summed E-state index contributed by atoms with van der Waals surface area (Å²) in [4.78, 5) is 6.55. The molecule has 2 saturated heterocycles. The molecular weight excluding hydrogens is 356 g/mol. The molecular formula is C19H27F2N3O3. The summed E-state index contributed by atoms with van der Waals surface area (Å²) < 4.78 is 41.3. The van der Waals surface area contributed by atoms with Crippen LogP contribution in [0.15, 0.2) is 29.3 Å². The van der Waals surface area contributed by atoms with Crippen molar-refractivity contribution in [3.8, 4) is 5.75 Å². The Morgan fingerprint density at radius 2 is 2.19 bits per heavy atom. The van der Waals surface area contributed by atoms with Crippen molar-refractivity contribution in [2.75, 3.05) is 40.0 Å². The van der Waals surface area contributed by atoms with Gasteiger partial charge in [-0.05, 0) is 30.5 Å². The van der Waals surface area contributed by atoms with Gasteiger partial charge in [0, 0.05) is 33.3 Å². The van der Waals surface area contributed by atoms with Crippen LogP contribution in [0.2, 0.25) is 0 Å².